The third kappa shape index (κ3) is 5.07. The summed E-state index contributed by atoms with van der Waals surface area (Å²) < 4.78 is 6.04. The lowest BCUT2D eigenvalue weighted by Gasteiger charge is -2.12. The largest absolute Gasteiger partial charge is 0.456 e. The first kappa shape index (κ1) is 21.1. The van der Waals surface area contributed by atoms with E-state index in [2.05, 4.69) is 10.3 Å². The summed E-state index contributed by atoms with van der Waals surface area (Å²) in [5.74, 6) is -1.13. The van der Waals surface area contributed by atoms with E-state index in [1.807, 2.05) is 24.3 Å². The standard InChI is InChI=1S/C18H12Cl4N2O3S/c19-9-7-10(20)17(22)18(16(9)21)24-13(25)8-27-15(26)6-5-14-23-11-3-1-2-4-12(11)28-14/h1-4,7H,5-6,8H2,(H,24,25). The summed E-state index contributed by atoms with van der Waals surface area (Å²) in [5, 5.41) is 3.65. The monoisotopic (exact) mass is 476 g/mol. The van der Waals surface area contributed by atoms with Gasteiger partial charge in [0.25, 0.3) is 5.91 Å². The SMILES string of the molecule is O=C(COC(=O)CCc1nc2ccccc2s1)Nc1c(Cl)c(Cl)cc(Cl)c1Cl. The van der Waals surface area contributed by atoms with Gasteiger partial charge in [0.2, 0.25) is 0 Å². The zero-order chi connectivity index (χ0) is 20.3. The van der Waals surface area contributed by atoms with Gasteiger partial charge in [0.05, 0.1) is 47.4 Å². The molecule has 3 rings (SSSR count). The number of nitrogens with one attached hydrogen (secondary N) is 1. The van der Waals surface area contributed by atoms with Crippen LogP contribution < -0.4 is 5.32 Å². The summed E-state index contributed by atoms with van der Waals surface area (Å²) in [6.07, 6.45) is 0.541. The maximum atomic E-state index is 12.0. The maximum Gasteiger partial charge on any atom is 0.306 e. The van der Waals surface area contributed by atoms with Gasteiger partial charge >= 0.3 is 5.97 Å². The van der Waals surface area contributed by atoms with Crippen molar-refractivity contribution in [1.82, 2.24) is 4.98 Å². The first-order chi connectivity index (χ1) is 13.3. The molecule has 1 N–H and O–H groups in total. The van der Waals surface area contributed by atoms with Crippen LogP contribution in [-0.2, 0) is 20.7 Å². The van der Waals surface area contributed by atoms with Crippen molar-refractivity contribution in [3.05, 3.63) is 55.4 Å². The second-order valence-corrected chi connectivity index (χ2v) is 8.31. The zero-order valence-electron chi connectivity index (χ0n) is 14.1. The van der Waals surface area contributed by atoms with Crippen molar-refractivity contribution in [2.24, 2.45) is 0 Å². The number of hydrogen-bond donors (Lipinski definition) is 1. The highest BCUT2D eigenvalue weighted by atomic mass is 35.5. The number of amides is 1. The number of esters is 1. The number of nitrogens with zero attached hydrogens (tertiary/aromatic N) is 1. The number of rotatable bonds is 6. The number of aromatic nitrogens is 1. The predicted molar refractivity (Wildman–Crippen MR) is 114 cm³/mol. The highest BCUT2D eigenvalue weighted by Gasteiger charge is 2.17. The second-order valence-electron chi connectivity index (χ2n) is 5.63. The normalized spacial score (nSPS) is 10.9. The number of carbonyl (C=O) groups excluding carboxylic acids is 2. The van der Waals surface area contributed by atoms with Gasteiger partial charge in [-0.05, 0) is 18.2 Å². The molecule has 0 atom stereocenters. The number of benzene rings is 2. The Bertz CT molecular complexity index is 995. The lowest BCUT2D eigenvalue weighted by Crippen LogP contribution is -2.21. The number of anilines is 1. The van der Waals surface area contributed by atoms with Gasteiger partial charge in [-0.2, -0.15) is 0 Å². The van der Waals surface area contributed by atoms with Crippen molar-refractivity contribution in [2.75, 3.05) is 11.9 Å². The number of halogens is 4. The molecule has 146 valence electrons. The van der Waals surface area contributed by atoms with Gasteiger partial charge in [-0.1, -0.05) is 58.5 Å². The quantitative estimate of drug-likeness (QED) is 0.348. The minimum atomic E-state index is -0.615. The molecule has 28 heavy (non-hydrogen) atoms. The van der Waals surface area contributed by atoms with E-state index in [0.29, 0.717) is 6.42 Å². The van der Waals surface area contributed by atoms with E-state index in [4.69, 9.17) is 51.1 Å². The average molecular weight is 478 g/mol. The topological polar surface area (TPSA) is 68.3 Å². The Morgan fingerprint density at radius 3 is 2.43 bits per heavy atom. The molecule has 1 heterocycles. The van der Waals surface area contributed by atoms with Gasteiger partial charge in [0.1, 0.15) is 0 Å². The van der Waals surface area contributed by atoms with Gasteiger partial charge in [0.15, 0.2) is 6.61 Å². The van der Waals surface area contributed by atoms with E-state index in [9.17, 15) is 9.59 Å². The summed E-state index contributed by atoms with van der Waals surface area (Å²) in [7, 11) is 0. The molecule has 2 aromatic carbocycles. The van der Waals surface area contributed by atoms with Gasteiger partial charge < -0.3 is 10.1 Å². The molecule has 0 aliphatic carbocycles. The van der Waals surface area contributed by atoms with Crippen LogP contribution >= 0.6 is 57.7 Å². The van der Waals surface area contributed by atoms with E-state index >= 15 is 0 Å². The Morgan fingerprint density at radius 2 is 1.75 bits per heavy atom. The fourth-order valence-corrected chi connectivity index (χ4v) is 4.18. The average Bonchev–Trinajstić information content (AvgIpc) is 3.09. The van der Waals surface area contributed by atoms with Crippen molar-refractivity contribution < 1.29 is 14.3 Å². The summed E-state index contributed by atoms with van der Waals surface area (Å²) in [6.45, 7) is -0.491. The summed E-state index contributed by atoms with van der Waals surface area (Å²) in [5.41, 5.74) is 0.959. The van der Waals surface area contributed by atoms with Gasteiger partial charge in [-0.25, -0.2) is 4.98 Å². The Labute approximate surface area is 184 Å². The number of thiazole rings is 1. The molecular formula is C18H12Cl4N2O3S. The molecule has 0 fully saturated rings. The minimum Gasteiger partial charge on any atom is -0.456 e. The molecule has 0 bridgehead atoms. The van der Waals surface area contributed by atoms with Crippen LogP contribution in [0, 0.1) is 0 Å². The third-order valence-electron chi connectivity index (χ3n) is 3.62. The van der Waals surface area contributed by atoms with Crippen molar-refractivity contribution in [2.45, 2.75) is 12.8 Å². The second kappa shape index (κ2) is 9.29. The minimum absolute atomic E-state index is 0.0478. The molecule has 10 heteroatoms. The van der Waals surface area contributed by atoms with Crippen LogP contribution in [0.3, 0.4) is 0 Å². The Balaban J connectivity index is 1.51. The highest BCUT2D eigenvalue weighted by Crippen LogP contribution is 2.40. The van der Waals surface area contributed by atoms with Gasteiger partial charge in [-0.15, -0.1) is 11.3 Å². The highest BCUT2D eigenvalue weighted by molar-refractivity contribution is 7.18. The van der Waals surface area contributed by atoms with Crippen LogP contribution in [-0.4, -0.2) is 23.5 Å². The lowest BCUT2D eigenvalue weighted by molar-refractivity contribution is -0.147. The number of aryl methyl sites for hydroxylation is 1. The Hall–Kier alpha value is -1.57. The van der Waals surface area contributed by atoms with Crippen molar-refractivity contribution in [3.8, 4) is 0 Å². The van der Waals surface area contributed by atoms with Crippen molar-refractivity contribution >= 4 is 85.5 Å². The predicted octanol–water partition coefficient (Wildman–Crippen LogP) is 6.02. The van der Waals surface area contributed by atoms with Crippen LogP contribution in [0.4, 0.5) is 5.69 Å². The van der Waals surface area contributed by atoms with Crippen molar-refractivity contribution in [1.29, 1.82) is 0 Å². The smallest absolute Gasteiger partial charge is 0.306 e. The molecule has 1 amide bonds. The molecule has 0 saturated heterocycles. The summed E-state index contributed by atoms with van der Waals surface area (Å²) in [6, 6.07) is 9.09. The zero-order valence-corrected chi connectivity index (χ0v) is 17.9. The molecule has 0 saturated carbocycles. The van der Waals surface area contributed by atoms with E-state index in [1.54, 1.807) is 0 Å². The number of para-hydroxylation sites is 1. The third-order valence-corrected chi connectivity index (χ3v) is 6.29. The lowest BCUT2D eigenvalue weighted by atomic mass is 10.3. The first-order valence-electron chi connectivity index (χ1n) is 7.98. The molecule has 0 spiro atoms. The number of hydrogen-bond acceptors (Lipinski definition) is 5. The van der Waals surface area contributed by atoms with Gasteiger partial charge in [-0.3, -0.25) is 9.59 Å². The van der Waals surface area contributed by atoms with E-state index in [0.717, 1.165) is 15.2 Å². The molecule has 0 aliphatic heterocycles. The Morgan fingerprint density at radius 1 is 1.07 bits per heavy atom. The van der Waals surface area contributed by atoms with Crippen LogP contribution in [0.5, 0.6) is 0 Å². The van der Waals surface area contributed by atoms with E-state index < -0.39 is 18.5 Å². The molecule has 0 radical (unpaired) electrons. The fraction of sp³-hybridized carbons (Fsp3) is 0.167. The number of fused-ring (bicyclic) bond motifs is 1. The molecular weight excluding hydrogens is 466 g/mol. The molecule has 1 aromatic heterocycles. The summed E-state index contributed by atoms with van der Waals surface area (Å²) in [4.78, 5) is 28.4. The first-order valence-corrected chi connectivity index (χ1v) is 10.3. The van der Waals surface area contributed by atoms with Crippen LogP contribution in [0.15, 0.2) is 30.3 Å². The Kier molecular flexibility index (Phi) is 7.01. The molecule has 0 aliphatic rings. The van der Waals surface area contributed by atoms with E-state index in [-0.39, 0.29) is 32.2 Å². The fourth-order valence-electron chi connectivity index (χ4n) is 2.31. The summed E-state index contributed by atoms with van der Waals surface area (Å²) >= 11 is 25.4. The molecule has 5 nitrogen and oxygen atoms in total. The van der Waals surface area contributed by atoms with Crippen LogP contribution in [0.25, 0.3) is 10.2 Å². The van der Waals surface area contributed by atoms with Crippen LogP contribution in [0.1, 0.15) is 11.4 Å². The van der Waals surface area contributed by atoms with Crippen LogP contribution in [0.2, 0.25) is 20.1 Å². The van der Waals surface area contributed by atoms with Crippen molar-refractivity contribution in [3.63, 3.8) is 0 Å². The molecule has 0 unspecified atom stereocenters. The maximum absolute atomic E-state index is 12.0. The van der Waals surface area contributed by atoms with Gasteiger partial charge in [0, 0.05) is 6.42 Å². The van der Waals surface area contributed by atoms with E-state index in [1.165, 1.54) is 17.4 Å². The number of carbonyl (C=O) groups is 2. The number of ether oxygens (including phenoxy) is 1. The molecule has 3 aromatic rings.